The van der Waals surface area contributed by atoms with Crippen LogP contribution < -0.4 is 10.4 Å². The number of nitrogens with one attached hydrogen (secondary N) is 3. The molecule has 0 bridgehead atoms. The van der Waals surface area contributed by atoms with Gasteiger partial charge in [-0.25, -0.2) is 14.4 Å². The molecule has 1 amide bonds. The molecule has 1 heterocycles. The monoisotopic (exact) mass is 513 g/mol. The van der Waals surface area contributed by atoms with Crippen LogP contribution in [0.5, 0.6) is 0 Å². The van der Waals surface area contributed by atoms with Crippen molar-refractivity contribution in [1.29, 1.82) is 0 Å². The van der Waals surface area contributed by atoms with Crippen LogP contribution in [0.25, 0.3) is 10.9 Å². The van der Waals surface area contributed by atoms with Crippen LogP contribution in [0.15, 0.2) is 30.5 Å². The van der Waals surface area contributed by atoms with Crippen LogP contribution in [0.2, 0.25) is 0 Å². The lowest BCUT2D eigenvalue weighted by Gasteiger charge is -2.28. The van der Waals surface area contributed by atoms with E-state index >= 15 is 0 Å². The number of carbonyl (C=O) groups is 2. The van der Waals surface area contributed by atoms with Crippen LogP contribution in [0.1, 0.15) is 39.7 Å². The van der Waals surface area contributed by atoms with Crippen molar-refractivity contribution in [3.05, 3.63) is 36.0 Å². The van der Waals surface area contributed by atoms with E-state index in [9.17, 15) is 14.2 Å². The molecule has 9 nitrogen and oxygen atoms in total. The van der Waals surface area contributed by atoms with Crippen molar-refractivity contribution in [2.24, 2.45) is 0 Å². The lowest BCUT2D eigenvalue weighted by atomic mass is 10.0. The van der Waals surface area contributed by atoms with Gasteiger partial charge in [0.2, 0.25) is 5.91 Å². The first kappa shape index (κ1) is 28.4. The number of thioether (sulfide) groups is 1. The van der Waals surface area contributed by atoms with Crippen molar-refractivity contribution in [2.75, 3.05) is 19.1 Å². The third-order valence-corrected chi connectivity index (χ3v) is 7.51. The molecule has 0 aliphatic heterocycles. The first-order chi connectivity index (χ1) is 16.1. The normalized spacial score (nSPS) is 13.9. The summed E-state index contributed by atoms with van der Waals surface area (Å²) in [6.07, 6.45) is 3.52. The largest absolute Gasteiger partial charge is 0.467 e. The van der Waals surface area contributed by atoms with Gasteiger partial charge < -0.3 is 15.0 Å². The van der Waals surface area contributed by atoms with Gasteiger partial charge in [0.05, 0.1) is 19.3 Å². The molecule has 1 aromatic heterocycles. The second-order valence-electron chi connectivity index (χ2n) is 8.42. The first-order valence-corrected chi connectivity index (χ1v) is 14.2. The SMILES string of the molecule is COC(=O)[C@H](CCSC)NC(=O)[C@H](Cc1c[nH]c2ccccc12)NP(=O)(OC(C)C)OC(C)C. The molecule has 0 unspecified atom stereocenters. The van der Waals surface area contributed by atoms with Gasteiger partial charge >= 0.3 is 13.7 Å². The number of methoxy groups -OCH3 is 1. The third-order valence-electron chi connectivity index (χ3n) is 4.84. The minimum Gasteiger partial charge on any atom is -0.467 e. The minimum absolute atomic E-state index is 0.194. The van der Waals surface area contributed by atoms with Crippen molar-refractivity contribution >= 4 is 42.3 Å². The Balaban J connectivity index is 2.37. The molecule has 0 radical (unpaired) electrons. The lowest BCUT2D eigenvalue weighted by molar-refractivity contribution is -0.145. The summed E-state index contributed by atoms with van der Waals surface area (Å²) < 4.78 is 29.6. The number of fused-ring (bicyclic) bond motifs is 1. The zero-order valence-electron chi connectivity index (χ0n) is 20.6. The van der Waals surface area contributed by atoms with Crippen molar-refractivity contribution < 1.29 is 27.9 Å². The number of aromatic amines is 1. The third kappa shape index (κ3) is 8.43. The highest BCUT2D eigenvalue weighted by Gasteiger charge is 2.36. The number of H-pyrrole nitrogens is 1. The van der Waals surface area contributed by atoms with Crippen molar-refractivity contribution in [3.63, 3.8) is 0 Å². The number of para-hydroxylation sites is 1. The van der Waals surface area contributed by atoms with Crippen LogP contribution in [0.4, 0.5) is 0 Å². The summed E-state index contributed by atoms with van der Waals surface area (Å²) in [4.78, 5) is 28.9. The van der Waals surface area contributed by atoms with E-state index in [-0.39, 0.29) is 6.42 Å². The molecule has 2 atom stereocenters. The van der Waals surface area contributed by atoms with Crippen LogP contribution >= 0.6 is 19.5 Å². The fourth-order valence-corrected chi connectivity index (χ4v) is 5.79. The molecule has 11 heteroatoms. The van der Waals surface area contributed by atoms with E-state index in [0.29, 0.717) is 12.2 Å². The predicted octanol–water partition coefficient (Wildman–Crippen LogP) is 4.04. The second kappa shape index (κ2) is 13.3. The van der Waals surface area contributed by atoms with Crippen LogP contribution in [0, 0.1) is 0 Å². The van der Waals surface area contributed by atoms with Gasteiger partial charge in [0.25, 0.3) is 0 Å². The molecular formula is C23H36N3O6PS. The Bertz CT molecular complexity index is 982. The van der Waals surface area contributed by atoms with Gasteiger partial charge in [-0.15, -0.1) is 0 Å². The summed E-state index contributed by atoms with van der Waals surface area (Å²) in [7, 11) is -2.58. The average molecular weight is 514 g/mol. The fourth-order valence-electron chi connectivity index (χ4n) is 3.45. The Morgan fingerprint density at radius 1 is 1.09 bits per heavy atom. The number of carbonyl (C=O) groups excluding carboxylic acids is 2. The molecule has 1 aromatic carbocycles. The highest BCUT2D eigenvalue weighted by molar-refractivity contribution is 7.98. The molecule has 0 fully saturated rings. The van der Waals surface area contributed by atoms with E-state index in [1.54, 1.807) is 39.5 Å². The molecular weight excluding hydrogens is 477 g/mol. The number of hydrogen-bond donors (Lipinski definition) is 3. The van der Waals surface area contributed by atoms with Crippen molar-refractivity contribution in [3.8, 4) is 0 Å². The van der Waals surface area contributed by atoms with E-state index in [1.807, 2.05) is 36.7 Å². The average Bonchev–Trinajstić information content (AvgIpc) is 3.17. The van der Waals surface area contributed by atoms with E-state index in [4.69, 9.17) is 13.8 Å². The number of ether oxygens (including phenoxy) is 1. The van der Waals surface area contributed by atoms with Crippen LogP contribution in [-0.2, 0) is 34.4 Å². The Morgan fingerprint density at radius 2 is 1.74 bits per heavy atom. The van der Waals surface area contributed by atoms with E-state index in [2.05, 4.69) is 15.4 Å². The van der Waals surface area contributed by atoms with Crippen molar-refractivity contribution in [1.82, 2.24) is 15.4 Å². The number of hydrogen-bond acceptors (Lipinski definition) is 7. The highest BCUT2D eigenvalue weighted by atomic mass is 32.2. The Labute approximate surface area is 205 Å². The maximum atomic E-state index is 13.6. The molecule has 190 valence electrons. The van der Waals surface area contributed by atoms with E-state index < -0.39 is 43.9 Å². The fraction of sp³-hybridized carbons (Fsp3) is 0.565. The van der Waals surface area contributed by atoms with Gasteiger partial charge in [-0.2, -0.15) is 11.8 Å². The summed E-state index contributed by atoms with van der Waals surface area (Å²) in [6.45, 7) is 6.95. The smallest absolute Gasteiger partial charge is 0.406 e. The quantitative estimate of drug-likeness (QED) is 0.256. The van der Waals surface area contributed by atoms with E-state index in [0.717, 1.165) is 16.5 Å². The summed E-state index contributed by atoms with van der Waals surface area (Å²) in [5, 5.41) is 6.55. The predicted molar refractivity (Wildman–Crippen MR) is 136 cm³/mol. The van der Waals surface area contributed by atoms with Gasteiger partial charge in [0.15, 0.2) is 0 Å². The topological polar surface area (TPSA) is 119 Å². The maximum Gasteiger partial charge on any atom is 0.406 e. The highest BCUT2D eigenvalue weighted by Crippen LogP contribution is 2.47. The molecule has 0 spiro atoms. The molecule has 2 rings (SSSR count). The summed E-state index contributed by atoms with van der Waals surface area (Å²) >= 11 is 1.56. The molecule has 0 saturated carbocycles. The summed E-state index contributed by atoms with van der Waals surface area (Å²) in [5.74, 6) is -0.374. The lowest BCUT2D eigenvalue weighted by Crippen LogP contribution is -2.51. The zero-order valence-corrected chi connectivity index (χ0v) is 22.3. The maximum absolute atomic E-state index is 13.6. The molecule has 0 aliphatic rings. The minimum atomic E-state index is -3.86. The van der Waals surface area contributed by atoms with Crippen molar-refractivity contribution in [2.45, 2.75) is 64.8 Å². The van der Waals surface area contributed by atoms with Crippen LogP contribution in [-0.4, -0.2) is 60.3 Å². The van der Waals surface area contributed by atoms with Gasteiger partial charge in [0.1, 0.15) is 12.1 Å². The Kier molecular flexibility index (Phi) is 11.1. The second-order valence-corrected chi connectivity index (χ2v) is 11.1. The first-order valence-electron chi connectivity index (χ1n) is 11.2. The Morgan fingerprint density at radius 3 is 2.32 bits per heavy atom. The number of rotatable bonds is 14. The molecule has 0 saturated heterocycles. The standard InChI is InChI=1S/C23H36N3O6PS/c1-15(2)31-33(29,32-16(3)4)26-21(13-17-14-24-19-10-8-7-9-18(17)19)22(27)25-20(11-12-34-6)23(28)30-5/h7-10,14-16,20-21,24H,11-13H2,1-6H3,(H,25,27)(H,26,29)/t20-,21-/m0/s1. The van der Waals surface area contributed by atoms with Gasteiger partial charge in [0, 0.05) is 17.1 Å². The number of aromatic nitrogens is 1. The summed E-state index contributed by atoms with van der Waals surface area (Å²) in [5.41, 5.74) is 1.77. The number of esters is 1. The molecule has 2 aromatic rings. The Hall–Kier alpha value is -1.84. The number of amides is 1. The van der Waals surface area contributed by atoms with Gasteiger partial charge in [-0.3, -0.25) is 13.8 Å². The van der Waals surface area contributed by atoms with E-state index in [1.165, 1.54) is 7.11 Å². The van der Waals surface area contributed by atoms with Gasteiger partial charge in [-0.1, -0.05) is 18.2 Å². The molecule has 0 aliphatic carbocycles. The summed E-state index contributed by atoms with van der Waals surface area (Å²) in [6, 6.07) is 5.88. The van der Waals surface area contributed by atoms with Crippen LogP contribution in [0.3, 0.4) is 0 Å². The van der Waals surface area contributed by atoms with Gasteiger partial charge in [-0.05, 0) is 64.2 Å². The zero-order chi connectivity index (χ0) is 25.3. The molecule has 3 N–H and O–H groups in total. The molecule has 34 heavy (non-hydrogen) atoms. The number of benzene rings is 1.